The lowest BCUT2D eigenvalue weighted by atomic mass is 9.82. The van der Waals surface area contributed by atoms with Crippen LogP contribution in [0.4, 0.5) is 4.39 Å². The first-order valence-electron chi connectivity index (χ1n) is 9.26. The maximum atomic E-state index is 13.5. The topological polar surface area (TPSA) is 87.6 Å². The van der Waals surface area contributed by atoms with Crippen LogP contribution in [0.1, 0.15) is 29.0 Å². The molecule has 6 nitrogen and oxygen atoms in total. The molecule has 150 valence electrons. The monoisotopic (exact) mass is 419 g/mol. The second-order valence-electron chi connectivity index (χ2n) is 7.01. The third kappa shape index (κ3) is 3.85. The minimum Gasteiger partial charge on any atom is -0.382 e. The van der Waals surface area contributed by atoms with Crippen molar-refractivity contribution < 1.29 is 9.50 Å². The number of hydrogen-bond acceptors (Lipinski definition) is 6. The molecule has 8 heteroatoms. The molecule has 0 aliphatic carbocycles. The summed E-state index contributed by atoms with van der Waals surface area (Å²) in [5.41, 5.74) is 1.45. The van der Waals surface area contributed by atoms with Gasteiger partial charge in [-0.1, -0.05) is 31.2 Å². The zero-order chi connectivity index (χ0) is 21.1. The molecule has 0 aliphatic rings. The van der Waals surface area contributed by atoms with Gasteiger partial charge in [-0.05, 0) is 29.8 Å². The number of nitriles is 1. The van der Waals surface area contributed by atoms with E-state index in [1.54, 1.807) is 28.9 Å². The minimum absolute atomic E-state index is 0.144. The van der Waals surface area contributed by atoms with E-state index in [1.807, 2.05) is 24.4 Å². The Kier molecular flexibility index (Phi) is 5.40. The number of hydrogen-bond donors (Lipinski definition) is 1. The number of benzene rings is 2. The molecule has 2 aromatic carbocycles. The SMILES string of the molecule is C[C@@H](c1nc(-c2ccc(C#N)cc2)cs1)[C@](O)(Cn1cncn1)c1ccc(F)cc1. The second kappa shape index (κ2) is 8.14. The fourth-order valence-corrected chi connectivity index (χ4v) is 4.29. The third-order valence-corrected chi connectivity index (χ3v) is 6.16. The highest BCUT2D eigenvalue weighted by Gasteiger charge is 2.39. The summed E-state index contributed by atoms with van der Waals surface area (Å²) in [5.74, 6) is -0.767. The Bertz CT molecular complexity index is 1170. The van der Waals surface area contributed by atoms with E-state index in [4.69, 9.17) is 10.2 Å². The fourth-order valence-electron chi connectivity index (χ4n) is 3.32. The van der Waals surface area contributed by atoms with Gasteiger partial charge in [-0.3, -0.25) is 0 Å². The van der Waals surface area contributed by atoms with Gasteiger partial charge in [0.25, 0.3) is 0 Å². The van der Waals surface area contributed by atoms with E-state index in [9.17, 15) is 9.50 Å². The van der Waals surface area contributed by atoms with E-state index in [-0.39, 0.29) is 12.4 Å². The Hall–Kier alpha value is -3.41. The van der Waals surface area contributed by atoms with Gasteiger partial charge in [0.1, 0.15) is 24.1 Å². The van der Waals surface area contributed by atoms with Gasteiger partial charge in [0.05, 0.1) is 28.9 Å². The third-order valence-electron chi connectivity index (χ3n) is 5.13. The van der Waals surface area contributed by atoms with E-state index >= 15 is 0 Å². The molecule has 30 heavy (non-hydrogen) atoms. The summed E-state index contributed by atoms with van der Waals surface area (Å²) >= 11 is 1.44. The van der Waals surface area contributed by atoms with Crippen LogP contribution in [0.15, 0.2) is 66.6 Å². The lowest BCUT2D eigenvalue weighted by Gasteiger charge is -2.33. The van der Waals surface area contributed by atoms with Gasteiger partial charge in [-0.2, -0.15) is 10.4 Å². The predicted octanol–water partition coefficient (Wildman–Crippen LogP) is 4.10. The standard InChI is InChI=1S/C22H18FN5OS/c1-15(21-27-20(11-30-21)17-4-2-16(10-24)3-5-17)22(29,12-28-14-25-13-26-28)18-6-8-19(23)9-7-18/h2-9,11,13-15,29H,12H2,1H3/t15-,22+/m0/s1. The van der Waals surface area contributed by atoms with Crippen molar-refractivity contribution in [3.8, 4) is 17.3 Å². The van der Waals surface area contributed by atoms with Crippen molar-refractivity contribution in [1.29, 1.82) is 5.26 Å². The fraction of sp³-hybridized carbons (Fsp3) is 0.182. The summed E-state index contributed by atoms with van der Waals surface area (Å²) < 4.78 is 15.0. The Morgan fingerprint density at radius 2 is 1.93 bits per heavy atom. The smallest absolute Gasteiger partial charge is 0.137 e. The van der Waals surface area contributed by atoms with Crippen molar-refractivity contribution in [1.82, 2.24) is 19.7 Å². The summed E-state index contributed by atoms with van der Waals surface area (Å²) in [4.78, 5) is 8.68. The number of rotatable bonds is 6. The Labute approximate surface area is 176 Å². The zero-order valence-electron chi connectivity index (χ0n) is 16.1. The van der Waals surface area contributed by atoms with E-state index in [0.717, 1.165) is 16.3 Å². The molecular weight excluding hydrogens is 401 g/mol. The Balaban J connectivity index is 1.69. The van der Waals surface area contributed by atoms with E-state index in [1.165, 1.54) is 36.1 Å². The van der Waals surface area contributed by atoms with Gasteiger partial charge < -0.3 is 5.11 Å². The predicted molar refractivity (Wildman–Crippen MR) is 111 cm³/mol. The van der Waals surface area contributed by atoms with Crippen molar-refractivity contribution in [2.24, 2.45) is 0 Å². The number of aromatic nitrogens is 4. The molecule has 0 aliphatic heterocycles. The van der Waals surface area contributed by atoms with Gasteiger partial charge in [0, 0.05) is 16.9 Å². The first kappa shape index (κ1) is 19.9. The van der Waals surface area contributed by atoms with Crippen LogP contribution < -0.4 is 0 Å². The molecule has 0 spiro atoms. The molecule has 2 atom stereocenters. The molecule has 0 bridgehead atoms. The molecule has 4 rings (SSSR count). The van der Waals surface area contributed by atoms with Crippen molar-refractivity contribution in [3.63, 3.8) is 0 Å². The number of halogens is 1. The van der Waals surface area contributed by atoms with Crippen LogP contribution in [0.3, 0.4) is 0 Å². The Morgan fingerprint density at radius 3 is 2.57 bits per heavy atom. The van der Waals surface area contributed by atoms with Crippen LogP contribution in [0.2, 0.25) is 0 Å². The number of aliphatic hydroxyl groups is 1. The van der Waals surface area contributed by atoms with E-state index < -0.39 is 11.5 Å². The van der Waals surface area contributed by atoms with Crippen LogP contribution in [-0.4, -0.2) is 24.9 Å². The molecule has 1 N–H and O–H groups in total. The highest BCUT2D eigenvalue weighted by molar-refractivity contribution is 7.10. The van der Waals surface area contributed by atoms with Gasteiger partial charge in [-0.25, -0.2) is 19.0 Å². The van der Waals surface area contributed by atoms with Crippen molar-refractivity contribution in [2.45, 2.75) is 25.0 Å². The molecule has 0 amide bonds. The van der Waals surface area contributed by atoms with Crippen LogP contribution >= 0.6 is 11.3 Å². The van der Waals surface area contributed by atoms with Crippen molar-refractivity contribution in [2.75, 3.05) is 0 Å². The largest absolute Gasteiger partial charge is 0.382 e. The average molecular weight is 419 g/mol. The summed E-state index contributed by atoms with van der Waals surface area (Å²) in [6.07, 6.45) is 2.94. The van der Waals surface area contributed by atoms with E-state index in [0.29, 0.717) is 11.1 Å². The average Bonchev–Trinajstić information content (AvgIpc) is 3.46. The van der Waals surface area contributed by atoms with Crippen LogP contribution in [0.25, 0.3) is 11.3 Å². The molecule has 0 saturated heterocycles. The summed E-state index contributed by atoms with van der Waals surface area (Å²) in [6.45, 7) is 2.03. The van der Waals surface area contributed by atoms with Gasteiger partial charge in [0.2, 0.25) is 0 Å². The molecule has 0 saturated carbocycles. The number of nitrogens with zero attached hydrogens (tertiary/aromatic N) is 5. The van der Waals surface area contributed by atoms with Gasteiger partial charge in [-0.15, -0.1) is 11.3 Å². The first-order chi connectivity index (χ1) is 14.5. The minimum atomic E-state index is -1.37. The molecular formula is C22H18FN5OS. The lowest BCUT2D eigenvalue weighted by Crippen LogP contribution is -2.37. The van der Waals surface area contributed by atoms with Gasteiger partial charge in [0.15, 0.2) is 0 Å². The lowest BCUT2D eigenvalue weighted by molar-refractivity contribution is -0.00807. The maximum absolute atomic E-state index is 13.5. The molecule has 0 unspecified atom stereocenters. The normalized spacial score (nSPS) is 14.1. The highest BCUT2D eigenvalue weighted by Crippen LogP contribution is 2.40. The molecule has 4 aromatic rings. The molecule has 0 fully saturated rings. The zero-order valence-corrected chi connectivity index (χ0v) is 16.9. The molecule has 2 aromatic heterocycles. The first-order valence-corrected chi connectivity index (χ1v) is 10.1. The van der Waals surface area contributed by atoms with Crippen LogP contribution in [-0.2, 0) is 12.1 Å². The maximum Gasteiger partial charge on any atom is 0.137 e. The Morgan fingerprint density at radius 1 is 1.20 bits per heavy atom. The second-order valence-corrected chi connectivity index (χ2v) is 7.90. The summed E-state index contributed by atoms with van der Waals surface area (Å²) in [7, 11) is 0. The van der Waals surface area contributed by atoms with E-state index in [2.05, 4.69) is 16.2 Å². The van der Waals surface area contributed by atoms with Crippen molar-refractivity contribution in [3.05, 3.63) is 88.5 Å². The molecule has 0 radical (unpaired) electrons. The summed E-state index contributed by atoms with van der Waals surface area (Å²) in [5, 5.41) is 27.5. The number of thiazole rings is 1. The summed E-state index contributed by atoms with van der Waals surface area (Å²) in [6, 6.07) is 15.1. The van der Waals surface area contributed by atoms with Gasteiger partial charge >= 0.3 is 0 Å². The quantitative estimate of drug-likeness (QED) is 0.508. The van der Waals surface area contributed by atoms with Crippen LogP contribution in [0, 0.1) is 17.1 Å². The molecule has 2 heterocycles. The highest BCUT2D eigenvalue weighted by atomic mass is 32.1. The van der Waals surface area contributed by atoms with Crippen molar-refractivity contribution >= 4 is 11.3 Å². The van der Waals surface area contributed by atoms with Crippen LogP contribution in [0.5, 0.6) is 0 Å².